The number of aromatic nitrogens is 2. The molecule has 1 aromatic heterocycles. The molecule has 2 nitrogen and oxygen atoms in total. The summed E-state index contributed by atoms with van der Waals surface area (Å²) in [4.78, 5) is 7.33. The predicted molar refractivity (Wildman–Crippen MR) is 62.9 cm³/mol. The molecule has 0 atom stereocenters. The molecule has 0 aliphatic rings. The van der Waals surface area contributed by atoms with Gasteiger partial charge in [-0.15, -0.1) is 0 Å². The van der Waals surface area contributed by atoms with Crippen LogP contribution >= 0.6 is 15.9 Å². The standard InChI is InChI=1S/C11H13BrN2/c1-11(2,6-12)8-3-4-9-10(5-8)14-7-13-9/h3-5,7H,6H2,1-2H3,(H,13,14). The third-order valence-corrected chi connectivity index (χ3v) is 3.94. The fraction of sp³-hybridized carbons (Fsp3) is 0.364. The van der Waals surface area contributed by atoms with Gasteiger partial charge in [0.25, 0.3) is 0 Å². The van der Waals surface area contributed by atoms with Crippen LogP contribution in [0.2, 0.25) is 0 Å². The van der Waals surface area contributed by atoms with Crippen LogP contribution in [0.5, 0.6) is 0 Å². The zero-order valence-electron chi connectivity index (χ0n) is 8.34. The molecule has 1 heterocycles. The van der Waals surface area contributed by atoms with E-state index in [0.29, 0.717) is 0 Å². The summed E-state index contributed by atoms with van der Waals surface area (Å²) in [6.07, 6.45) is 1.73. The van der Waals surface area contributed by atoms with Gasteiger partial charge in [-0.1, -0.05) is 35.8 Å². The van der Waals surface area contributed by atoms with Crippen molar-refractivity contribution >= 4 is 27.0 Å². The SMILES string of the molecule is CC(C)(CBr)c1ccc2nc[nH]c2c1. The Labute approximate surface area is 91.9 Å². The van der Waals surface area contributed by atoms with Crippen LogP contribution in [-0.2, 0) is 5.41 Å². The van der Waals surface area contributed by atoms with Crippen LogP contribution in [-0.4, -0.2) is 15.3 Å². The van der Waals surface area contributed by atoms with Gasteiger partial charge in [-0.05, 0) is 23.1 Å². The molecule has 0 saturated heterocycles. The minimum absolute atomic E-state index is 0.166. The molecule has 0 bridgehead atoms. The fourth-order valence-corrected chi connectivity index (χ4v) is 1.76. The number of alkyl halides is 1. The molecule has 14 heavy (non-hydrogen) atoms. The van der Waals surface area contributed by atoms with E-state index in [1.807, 2.05) is 0 Å². The van der Waals surface area contributed by atoms with Crippen LogP contribution < -0.4 is 0 Å². The number of nitrogens with one attached hydrogen (secondary N) is 1. The van der Waals surface area contributed by atoms with E-state index in [-0.39, 0.29) is 5.41 Å². The summed E-state index contributed by atoms with van der Waals surface area (Å²) in [5, 5.41) is 0.958. The minimum Gasteiger partial charge on any atom is -0.345 e. The summed E-state index contributed by atoms with van der Waals surface area (Å²) in [5.74, 6) is 0. The number of hydrogen-bond acceptors (Lipinski definition) is 1. The molecule has 3 heteroatoms. The van der Waals surface area contributed by atoms with Gasteiger partial charge in [0.05, 0.1) is 17.4 Å². The molecule has 0 saturated carbocycles. The number of fused-ring (bicyclic) bond motifs is 1. The van der Waals surface area contributed by atoms with Crippen molar-refractivity contribution in [1.82, 2.24) is 9.97 Å². The Kier molecular flexibility index (Phi) is 2.35. The molecule has 74 valence electrons. The second-order valence-electron chi connectivity index (χ2n) is 4.15. The molecule has 2 rings (SSSR count). The largest absolute Gasteiger partial charge is 0.345 e. The van der Waals surface area contributed by atoms with Gasteiger partial charge in [0, 0.05) is 5.33 Å². The first kappa shape index (κ1) is 9.71. The van der Waals surface area contributed by atoms with Gasteiger partial charge < -0.3 is 4.98 Å². The van der Waals surface area contributed by atoms with Crippen LogP contribution in [0.25, 0.3) is 11.0 Å². The van der Waals surface area contributed by atoms with E-state index in [1.165, 1.54) is 5.56 Å². The maximum atomic E-state index is 4.20. The van der Waals surface area contributed by atoms with E-state index in [2.05, 4.69) is 57.9 Å². The number of rotatable bonds is 2. The van der Waals surface area contributed by atoms with Crippen molar-refractivity contribution in [3.8, 4) is 0 Å². The third kappa shape index (κ3) is 1.57. The van der Waals surface area contributed by atoms with Gasteiger partial charge in [-0.3, -0.25) is 0 Å². The molecule has 0 amide bonds. The van der Waals surface area contributed by atoms with Gasteiger partial charge >= 0.3 is 0 Å². The van der Waals surface area contributed by atoms with Crippen molar-refractivity contribution in [2.75, 3.05) is 5.33 Å². The number of imidazole rings is 1. The monoisotopic (exact) mass is 252 g/mol. The Balaban J connectivity index is 2.53. The van der Waals surface area contributed by atoms with Crippen molar-refractivity contribution in [1.29, 1.82) is 0 Å². The van der Waals surface area contributed by atoms with Gasteiger partial charge in [-0.25, -0.2) is 4.98 Å². The molecule has 0 fully saturated rings. The quantitative estimate of drug-likeness (QED) is 0.818. The number of aromatic amines is 1. The van der Waals surface area contributed by atoms with E-state index < -0.39 is 0 Å². The van der Waals surface area contributed by atoms with Gasteiger partial charge in [0.2, 0.25) is 0 Å². The average Bonchev–Trinajstić information content (AvgIpc) is 2.64. The maximum absolute atomic E-state index is 4.20. The molecule has 0 unspecified atom stereocenters. The Bertz CT molecular complexity index is 445. The molecule has 0 spiro atoms. The Morgan fingerprint density at radius 1 is 1.43 bits per heavy atom. The highest BCUT2D eigenvalue weighted by Gasteiger charge is 2.19. The molecule has 2 aromatic rings. The highest BCUT2D eigenvalue weighted by Crippen LogP contribution is 2.27. The highest BCUT2D eigenvalue weighted by atomic mass is 79.9. The van der Waals surface area contributed by atoms with E-state index in [1.54, 1.807) is 6.33 Å². The zero-order chi connectivity index (χ0) is 10.2. The van der Waals surface area contributed by atoms with E-state index >= 15 is 0 Å². The molecule has 0 radical (unpaired) electrons. The van der Waals surface area contributed by atoms with Crippen molar-refractivity contribution in [3.63, 3.8) is 0 Å². The lowest BCUT2D eigenvalue weighted by molar-refractivity contribution is 0.607. The third-order valence-electron chi connectivity index (χ3n) is 2.54. The number of nitrogens with zero attached hydrogens (tertiary/aromatic N) is 1. The zero-order valence-corrected chi connectivity index (χ0v) is 9.93. The van der Waals surface area contributed by atoms with Gasteiger partial charge in [0.15, 0.2) is 0 Å². The average molecular weight is 253 g/mol. The Hall–Kier alpha value is -0.830. The molecule has 0 aliphatic heterocycles. The van der Waals surface area contributed by atoms with Crippen LogP contribution in [0.3, 0.4) is 0 Å². The molecule has 1 aromatic carbocycles. The number of H-pyrrole nitrogens is 1. The first-order valence-electron chi connectivity index (χ1n) is 4.63. The minimum atomic E-state index is 0.166. The topological polar surface area (TPSA) is 28.7 Å². The summed E-state index contributed by atoms with van der Waals surface area (Å²) >= 11 is 3.54. The highest BCUT2D eigenvalue weighted by molar-refractivity contribution is 9.09. The maximum Gasteiger partial charge on any atom is 0.0931 e. The normalized spacial score (nSPS) is 12.2. The number of hydrogen-bond donors (Lipinski definition) is 1. The fourth-order valence-electron chi connectivity index (χ4n) is 1.43. The second-order valence-corrected chi connectivity index (χ2v) is 4.71. The molecule has 1 N–H and O–H groups in total. The summed E-state index contributed by atoms with van der Waals surface area (Å²) in [7, 11) is 0. The summed E-state index contributed by atoms with van der Waals surface area (Å²) in [6.45, 7) is 4.44. The molecular weight excluding hydrogens is 240 g/mol. The Morgan fingerprint density at radius 2 is 2.21 bits per heavy atom. The van der Waals surface area contributed by atoms with Gasteiger partial charge in [0.1, 0.15) is 0 Å². The molecule has 0 aliphatic carbocycles. The van der Waals surface area contributed by atoms with Crippen molar-refractivity contribution in [2.24, 2.45) is 0 Å². The van der Waals surface area contributed by atoms with Gasteiger partial charge in [-0.2, -0.15) is 0 Å². The van der Waals surface area contributed by atoms with E-state index in [9.17, 15) is 0 Å². The van der Waals surface area contributed by atoms with Crippen LogP contribution in [0.15, 0.2) is 24.5 Å². The van der Waals surface area contributed by atoms with E-state index in [4.69, 9.17) is 0 Å². The summed E-state index contributed by atoms with van der Waals surface area (Å²) < 4.78 is 0. The lowest BCUT2D eigenvalue weighted by atomic mass is 9.87. The molecular formula is C11H13BrN2. The number of benzene rings is 1. The first-order chi connectivity index (χ1) is 6.63. The summed E-state index contributed by atoms with van der Waals surface area (Å²) in [6, 6.07) is 6.37. The van der Waals surface area contributed by atoms with Crippen molar-refractivity contribution < 1.29 is 0 Å². The Morgan fingerprint density at radius 3 is 2.93 bits per heavy atom. The first-order valence-corrected chi connectivity index (χ1v) is 5.75. The number of halogens is 1. The lowest BCUT2D eigenvalue weighted by Gasteiger charge is -2.22. The van der Waals surface area contributed by atoms with Crippen LogP contribution in [0.1, 0.15) is 19.4 Å². The predicted octanol–water partition coefficient (Wildman–Crippen LogP) is 3.24. The smallest absolute Gasteiger partial charge is 0.0931 e. The van der Waals surface area contributed by atoms with Crippen LogP contribution in [0, 0.1) is 0 Å². The lowest BCUT2D eigenvalue weighted by Crippen LogP contribution is -2.18. The van der Waals surface area contributed by atoms with Crippen molar-refractivity contribution in [3.05, 3.63) is 30.1 Å². The van der Waals surface area contributed by atoms with Crippen LogP contribution in [0.4, 0.5) is 0 Å². The summed E-state index contributed by atoms with van der Waals surface area (Å²) in [5.41, 5.74) is 3.63. The van der Waals surface area contributed by atoms with E-state index in [0.717, 1.165) is 16.4 Å². The second kappa shape index (κ2) is 3.39. The van der Waals surface area contributed by atoms with Crippen molar-refractivity contribution in [2.45, 2.75) is 19.3 Å².